The number of hydrogen-bond acceptors (Lipinski definition) is 5. The molecule has 7 heteroatoms. The van der Waals surface area contributed by atoms with Crippen LogP contribution in [0.2, 0.25) is 5.02 Å². The number of nitrogens with zero attached hydrogens (tertiary/aromatic N) is 4. The van der Waals surface area contributed by atoms with E-state index in [2.05, 4.69) is 20.7 Å². The van der Waals surface area contributed by atoms with Crippen molar-refractivity contribution in [2.45, 2.75) is 12.3 Å². The molecule has 1 N–H and O–H groups in total. The molecule has 0 spiro atoms. The maximum absolute atomic E-state index is 6.32. The van der Waals surface area contributed by atoms with Crippen molar-refractivity contribution >= 4 is 11.6 Å². The Morgan fingerprint density at radius 3 is 2.86 bits per heavy atom. The quantitative estimate of drug-likeness (QED) is 0.747. The smallest absolute Gasteiger partial charge is 0.175 e. The van der Waals surface area contributed by atoms with Crippen LogP contribution in [0, 0.1) is 0 Å². The lowest BCUT2D eigenvalue weighted by molar-refractivity contribution is 0.199. The molecule has 0 bridgehead atoms. The third-order valence-electron chi connectivity index (χ3n) is 3.20. The standard InChI is InChI=1S/C14H20ClN5O/c1-20-18-14(17-19-20)9-11(10-16-7-8-21-2)12-5-3-4-6-13(12)15/h3-6,11,16H,7-10H2,1-2H3. The Morgan fingerprint density at radius 1 is 1.38 bits per heavy atom. The summed E-state index contributed by atoms with van der Waals surface area (Å²) in [4.78, 5) is 1.47. The molecule has 0 saturated heterocycles. The Labute approximate surface area is 129 Å². The van der Waals surface area contributed by atoms with Gasteiger partial charge in [0.25, 0.3) is 0 Å². The molecule has 1 aromatic heterocycles. The summed E-state index contributed by atoms with van der Waals surface area (Å²) in [5.41, 5.74) is 1.09. The van der Waals surface area contributed by atoms with Crippen LogP contribution in [-0.4, -0.2) is 47.0 Å². The normalized spacial score (nSPS) is 12.5. The maximum atomic E-state index is 6.32. The minimum Gasteiger partial charge on any atom is -0.383 e. The number of halogens is 1. The highest BCUT2D eigenvalue weighted by Crippen LogP contribution is 2.26. The molecule has 2 rings (SSSR count). The van der Waals surface area contributed by atoms with Crippen molar-refractivity contribution < 1.29 is 4.74 Å². The molecular formula is C14H20ClN5O. The first-order valence-corrected chi connectivity index (χ1v) is 7.25. The van der Waals surface area contributed by atoms with Crippen molar-refractivity contribution in [3.05, 3.63) is 40.7 Å². The molecule has 0 aliphatic carbocycles. The van der Waals surface area contributed by atoms with Crippen molar-refractivity contribution in [2.75, 3.05) is 26.8 Å². The lowest BCUT2D eigenvalue weighted by atomic mass is 9.95. The van der Waals surface area contributed by atoms with E-state index in [0.717, 1.165) is 29.5 Å². The van der Waals surface area contributed by atoms with Gasteiger partial charge in [0.2, 0.25) is 0 Å². The predicted octanol–water partition coefficient (Wildman–Crippen LogP) is 1.43. The number of nitrogens with one attached hydrogen (secondary N) is 1. The largest absolute Gasteiger partial charge is 0.383 e. The van der Waals surface area contributed by atoms with Crippen LogP contribution in [0.1, 0.15) is 17.3 Å². The lowest BCUT2D eigenvalue weighted by Gasteiger charge is -2.18. The number of ether oxygens (including phenoxy) is 1. The van der Waals surface area contributed by atoms with E-state index < -0.39 is 0 Å². The zero-order valence-corrected chi connectivity index (χ0v) is 13.0. The molecule has 1 unspecified atom stereocenters. The fourth-order valence-corrected chi connectivity index (χ4v) is 2.46. The lowest BCUT2D eigenvalue weighted by Crippen LogP contribution is -2.26. The average Bonchev–Trinajstić information content (AvgIpc) is 2.88. The highest BCUT2D eigenvalue weighted by molar-refractivity contribution is 6.31. The first kappa shape index (κ1) is 15.9. The van der Waals surface area contributed by atoms with Gasteiger partial charge in [-0.25, -0.2) is 0 Å². The van der Waals surface area contributed by atoms with E-state index >= 15 is 0 Å². The molecule has 21 heavy (non-hydrogen) atoms. The summed E-state index contributed by atoms with van der Waals surface area (Å²) < 4.78 is 5.05. The number of tetrazole rings is 1. The summed E-state index contributed by atoms with van der Waals surface area (Å²) in [7, 11) is 3.45. The highest BCUT2D eigenvalue weighted by atomic mass is 35.5. The van der Waals surface area contributed by atoms with Crippen LogP contribution in [0.25, 0.3) is 0 Å². The van der Waals surface area contributed by atoms with Gasteiger partial charge in [-0.3, -0.25) is 0 Å². The van der Waals surface area contributed by atoms with E-state index in [4.69, 9.17) is 16.3 Å². The van der Waals surface area contributed by atoms with Crippen LogP contribution < -0.4 is 5.32 Å². The molecule has 1 aromatic carbocycles. The van der Waals surface area contributed by atoms with Crippen molar-refractivity contribution in [3.8, 4) is 0 Å². The number of rotatable bonds is 8. The number of methoxy groups -OCH3 is 1. The molecule has 1 heterocycles. The number of hydrogen-bond donors (Lipinski definition) is 1. The molecule has 1 atom stereocenters. The van der Waals surface area contributed by atoms with Crippen LogP contribution in [0.3, 0.4) is 0 Å². The summed E-state index contributed by atoms with van der Waals surface area (Å²) in [6, 6.07) is 7.87. The predicted molar refractivity (Wildman–Crippen MR) is 81.4 cm³/mol. The van der Waals surface area contributed by atoms with Crippen LogP contribution >= 0.6 is 11.6 Å². The van der Waals surface area contributed by atoms with Crippen molar-refractivity contribution in [1.29, 1.82) is 0 Å². The number of aromatic nitrogens is 4. The summed E-state index contributed by atoms with van der Waals surface area (Å²) >= 11 is 6.32. The van der Waals surface area contributed by atoms with E-state index in [1.807, 2.05) is 24.3 Å². The topological polar surface area (TPSA) is 64.9 Å². The fraction of sp³-hybridized carbons (Fsp3) is 0.500. The molecule has 0 aliphatic rings. The monoisotopic (exact) mass is 309 g/mol. The summed E-state index contributed by atoms with van der Waals surface area (Å²) in [5.74, 6) is 0.913. The van der Waals surface area contributed by atoms with E-state index in [9.17, 15) is 0 Å². The van der Waals surface area contributed by atoms with Gasteiger partial charge in [-0.2, -0.15) is 4.80 Å². The number of benzene rings is 1. The van der Waals surface area contributed by atoms with E-state index in [0.29, 0.717) is 13.0 Å². The second-order valence-corrected chi connectivity index (χ2v) is 5.22. The van der Waals surface area contributed by atoms with Gasteiger partial charge in [0.05, 0.1) is 13.7 Å². The zero-order valence-electron chi connectivity index (χ0n) is 12.3. The summed E-state index contributed by atoms with van der Waals surface area (Å²) in [6.07, 6.45) is 0.692. The zero-order chi connectivity index (χ0) is 15.1. The van der Waals surface area contributed by atoms with Crippen LogP contribution in [-0.2, 0) is 18.2 Å². The van der Waals surface area contributed by atoms with Crippen molar-refractivity contribution in [1.82, 2.24) is 25.5 Å². The van der Waals surface area contributed by atoms with E-state index in [1.165, 1.54) is 4.80 Å². The minimum absolute atomic E-state index is 0.194. The third-order valence-corrected chi connectivity index (χ3v) is 3.54. The molecular weight excluding hydrogens is 290 g/mol. The number of aryl methyl sites for hydroxylation is 1. The molecule has 114 valence electrons. The molecule has 2 aromatic rings. The van der Waals surface area contributed by atoms with Crippen molar-refractivity contribution in [3.63, 3.8) is 0 Å². The van der Waals surface area contributed by atoms with E-state index in [-0.39, 0.29) is 5.92 Å². The third kappa shape index (κ3) is 4.77. The average molecular weight is 310 g/mol. The molecule has 0 aliphatic heterocycles. The SMILES string of the molecule is COCCNCC(Cc1nnn(C)n1)c1ccccc1Cl. The Balaban J connectivity index is 2.08. The van der Waals surface area contributed by atoms with Gasteiger partial charge in [0, 0.05) is 37.6 Å². The van der Waals surface area contributed by atoms with Crippen LogP contribution in [0.15, 0.2) is 24.3 Å². The van der Waals surface area contributed by atoms with Crippen LogP contribution in [0.5, 0.6) is 0 Å². The summed E-state index contributed by atoms with van der Waals surface area (Å²) in [6.45, 7) is 2.26. The Hall–Kier alpha value is -1.50. The first-order valence-electron chi connectivity index (χ1n) is 6.87. The van der Waals surface area contributed by atoms with Gasteiger partial charge in [-0.1, -0.05) is 29.8 Å². The van der Waals surface area contributed by atoms with Crippen molar-refractivity contribution in [2.24, 2.45) is 7.05 Å². The Morgan fingerprint density at radius 2 is 2.19 bits per heavy atom. The Bertz CT molecular complexity index is 560. The second-order valence-electron chi connectivity index (χ2n) is 4.81. The van der Waals surface area contributed by atoms with E-state index in [1.54, 1.807) is 14.2 Å². The maximum Gasteiger partial charge on any atom is 0.175 e. The van der Waals surface area contributed by atoms with Gasteiger partial charge in [-0.05, 0) is 16.8 Å². The Kier molecular flexibility index (Phi) is 6.10. The first-order chi connectivity index (χ1) is 10.2. The molecule has 0 radical (unpaired) electrons. The van der Waals surface area contributed by atoms with Gasteiger partial charge >= 0.3 is 0 Å². The fourth-order valence-electron chi connectivity index (χ4n) is 2.17. The molecule has 0 saturated carbocycles. The highest BCUT2D eigenvalue weighted by Gasteiger charge is 2.17. The molecule has 0 fully saturated rings. The van der Waals surface area contributed by atoms with Crippen LogP contribution in [0.4, 0.5) is 0 Å². The summed E-state index contributed by atoms with van der Waals surface area (Å²) in [5, 5.41) is 16.3. The van der Waals surface area contributed by atoms with Gasteiger partial charge in [0.1, 0.15) is 0 Å². The molecule has 0 amide bonds. The van der Waals surface area contributed by atoms with Gasteiger partial charge in [-0.15, -0.1) is 10.2 Å². The van der Waals surface area contributed by atoms with Gasteiger partial charge < -0.3 is 10.1 Å². The second kappa shape index (κ2) is 8.07. The van der Waals surface area contributed by atoms with Gasteiger partial charge in [0.15, 0.2) is 5.82 Å². The molecule has 6 nitrogen and oxygen atoms in total. The minimum atomic E-state index is 0.194.